The maximum atomic E-state index is 10.1. The van der Waals surface area contributed by atoms with Crippen molar-refractivity contribution >= 4 is 35.6 Å². The van der Waals surface area contributed by atoms with Crippen LogP contribution in [0.25, 0.3) is 0 Å². The van der Waals surface area contributed by atoms with E-state index in [2.05, 4.69) is 22.0 Å². The zero-order valence-corrected chi connectivity index (χ0v) is 19.0. The van der Waals surface area contributed by atoms with Gasteiger partial charge in [-0.3, -0.25) is 4.99 Å². The number of nitrogens with one attached hydrogen (secondary N) is 1. The summed E-state index contributed by atoms with van der Waals surface area (Å²) in [5, 5.41) is 13.4. The first-order chi connectivity index (χ1) is 13.3. The SMILES string of the molecule is CCNC(=NCCOCC1CCCO1)N1CCN(c2ccccc2O)CC1.I. The molecule has 2 heterocycles. The van der Waals surface area contributed by atoms with Crippen LogP contribution < -0.4 is 10.2 Å². The molecule has 0 spiro atoms. The van der Waals surface area contributed by atoms with Crippen LogP contribution >= 0.6 is 24.0 Å². The molecule has 0 aromatic heterocycles. The number of halogens is 1. The van der Waals surface area contributed by atoms with Crippen molar-refractivity contribution in [3.8, 4) is 5.75 Å². The molecular formula is C20H33IN4O3. The van der Waals surface area contributed by atoms with Crippen molar-refractivity contribution in [2.45, 2.75) is 25.9 Å². The molecule has 3 rings (SSSR count). The summed E-state index contributed by atoms with van der Waals surface area (Å²) in [6.45, 7) is 9.19. The van der Waals surface area contributed by atoms with Crippen LogP contribution in [0.15, 0.2) is 29.3 Å². The second-order valence-electron chi connectivity index (χ2n) is 6.91. The molecule has 0 saturated carbocycles. The molecule has 2 N–H and O–H groups in total. The molecule has 0 amide bonds. The lowest BCUT2D eigenvalue weighted by atomic mass is 10.2. The van der Waals surface area contributed by atoms with Gasteiger partial charge < -0.3 is 29.7 Å². The van der Waals surface area contributed by atoms with Crippen LogP contribution in [-0.4, -0.2) is 81.2 Å². The number of piperazine rings is 1. The van der Waals surface area contributed by atoms with E-state index in [1.165, 1.54) is 0 Å². The highest BCUT2D eigenvalue weighted by Gasteiger charge is 2.21. The minimum atomic E-state index is 0. The molecule has 0 aliphatic carbocycles. The Bertz CT molecular complexity index is 603. The van der Waals surface area contributed by atoms with Gasteiger partial charge in [0.05, 0.1) is 31.5 Å². The predicted molar refractivity (Wildman–Crippen MR) is 123 cm³/mol. The van der Waals surface area contributed by atoms with E-state index in [1.807, 2.05) is 18.2 Å². The van der Waals surface area contributed by atoms with Crippen LogP contribution in [0, 0.1) is 0 Å². The first-order valence-corrected chi connectivity index (χ1v) is 10.0. The van der Waals surface area contributed by atoms with Gasteiger partial charge in [-0.25, -0.2) is 0 Å². The van der Waals surface area contributed by atoms with E-state index < -0.39 is 0 Å². The summed E-state index contributed by atoms with van der Waals surface area (Å²) in [6, 6.07) is 7.52. The van der Waals surface area contributed by atoms with Crippen molar-refractivity contribution in [2.24, 2.45) is 4.99 Å². The number of hydrogen-bond donors (Lipinski definition) is 2. The Labute approximate surface area is 185 Å². The van der Waals surface area contributed by atoms with Crippen LogP contribution in [0.3, 0.4) is 0 Å². The quantitative estimate of drug-likeness (QED) is 0.257. The zero-order chi connectivity index (χ0) is 18.9. The second-order valence-corrected chi connectivity index (χ2v) is 6.91. The molecule has 1 aromatic carbocycles. The molecule has 2 fully saturated rings. The summed E-state index contributed by atoms with van der Waals surface area (Å²) in [5.41, 5.74) is 0.904. The Balaban J connectivity index is 0.00000280. The average molecular weight is 504 g/mol. The third kappa shape index (κ3) is 6.66. The molecule has 8 heteroatoms. The van der Waals surface area contributed by atoms with E-state index in [0.29, 0.717) is 25.5 Å². The Morgan fingerprint density at radius 2 is 2.07 bits per heavy atom. The van der Waals surface area contributed by atoms with E-state index in [9.17, 15) is 5.11 Å². The minimum absolute atomic E-state index is 0. The van der Waals surface area contributed by atoms with Gasteiger partial charge in [-0.05, 0) is 31.9 Å². The highest BCUT2D eigenvalue weighted by atomic mass is 127. The molecule has 158 valence electrons. The molecule has 28 heavy (non-hydrogen) atoms. The number of aliphatic imine (C=N–C) groups is 1. The van der Waals surface area contributed by atoms with Crippen molar-refractivity contribution in [3.63, 3.8) is 0 Å². The third-order valence-corrected chi connectivity index (χ3v) is 4.96. The number of para-hydroxylation sites is 2. The maximum absolute atomic E-state index is 10.1. The first kappa shape index (κ1) is 23.0. The number of guanidine groups is 1. The molecule has 2 aliphatic heterocycles. The van der Waals surface area contributed by atoms with Crippen LogP contribution in [-0.2, 0) is 9.47 Å². The number of aromatic hydroxyl groups is 1. The summed E-state index contributed by atoms with van der Waals surface area (Å²) in [7, 11) is 0. The zero-order valence-electron chi connectivity index (χ0n) is 16.7. The molecular weight excluding hydrogens is 471 g/mol. The number of anilines is 1. The molecule has 7 nitrogen and oxygen atoms in total. The van der Waals surface area contributed by atoms with E-state index in [0.717, 1.165) is 63.8 Å². The van der Waals surface area contributed by atoms with Crippen molar-refractivity contribution in [1.82, 2.24) is 10.2 Å². The fourth-order valence-corrected chi connectivity index (χ4v) is 3.52. The first-order valence-electron chi connectivity index (χ1n) is 10.0. The molecule has 1 atom stereocenters. The molecule has 2 aliphatic rings. The van der Waals surface area contributed by atoms with Gasteiger partial charge in [0.2, 0.25) is 0 Å². The summed E-state index contributed by atoms with van der Waals surface area (Å²) in [5.74, 6) is 1.28. The highest BCUT2D eigenvalue weighted by Crippen LogP contribution is 2.27. The van der Waals surface area contributed by atoms with Crippen molar-refractivity contribution in [1.29, 1.82) is 0 Å². The topological polar surface area (TPSA) is 69.6 Å². The Morgan fingerprint density at radius 3 is 2.75 bits per heavy atom. The number of phenols is 1. The van der Waals surface area contributed by atoms with Gasteiger partial charge in [0.25, 0.3) is 0 Å². The number of benzene rings is 1. The van der Waals surface area contributed by atoms with Crippen LogP contribution in [0.5, 0.6) is 5.75 Å². The summed E-state index contributed by atoms with van der Waals surface area (Å²) in [6.07, 6.45) is 2.51. The Kier molecular flexibility index (Phi) is 10.1. The van der Waals surface area contributed by atoms with Gasteiger partial charge in [-0.2, -0.15) is 0 Å². The van der Waals surface area contributed by atoms with Gasteiger partial charge in [-0.15, -0.1) is 24.0 Å². The fourth-order valence-electron chi connectivity index (χ4n) is 3.52. The summed E-state index contributed by atoms with van der Waals surface area (Å²) >= 11 is 0. The number of rotatable bonds is 7. The molecule has 0 radical (unpaired) electrons. The number of ether oxygens (including phenoxy) is 2. The standard InChI is InChI=1S/C20H32N4O3.HI/c1-2-21-20(22-9-15-26-16-17-6-5-14-27-17)24-12-10-23(11-13-24)18-7-3-4-8-19(18)25;/h3-4,7-8,17,25H,2,5-6,9-16H2,1H3,(H,21,22);1H. The molecule has 1 unspecified atom stereocenters. The van der Waals surface area contributed by atoms with Gasteiger partial charge in [-0.1, -0.05) is 12.1 Å². The minimum Gasteiger partial charge on any atom is -0.506 e. The number of hydrogen-bond acceptors (Lipinski definition) is 5. The monoisotopic (exact) mass is 504 g/mol. The fraction of sp³-hybridized carbons (Fsp3) is 0.650. The lowest BCUT2D eigenvalue weighted by molar-refractivity contribution is 0.0199. The molecule has 2 saturated heterocycles. The smallest absolute Gasteiger partial charge is 0.194 e. The van der Waals surface area contributed by atoms with Crippen LogP contribution in [0.4, 0.5) is 5.69 Å². The normalized spacial score (nSPS) is 20.2. The van der Waals surface area contributed by atoms with Crippen LogP contribution in [0.2, 0.25) is 0 Å². The van der Waals surface area contributed by atoms with E-state index >= 15 is 0 Å². The number of phenolic OH excluding ortho intramolecular Hbond substituents is 1. The van der Waals surface area contributed by atoms with E-state index in [-0.39, 0.29) is 30.1 Å². The molecule has 0 bridgehead atoms. The van der Waals surface area contributed by atoms with Crippen LogP contribution in [0.1, 0.15) is 19.8 Å². The number of nitrogens with zero attached hydrogens (tertiary/aromatic N) is 3. The van der Waals surface area contributed by atoms with Crippen molar-refractivity contribution < 1.29 is 14.6 Å². The lowest BCUT2D eigenvalue weighted by Gasteiger charge is -2.37. The summed E-state index contributed by atoms with van der Waals surface area (Å²) in [4.78, 5) is 9.21. The predicted octanol–water partition coefficient (Wildman–Crippen LogP) is 2.29. The van der Waals surface area contributed by atoms with E-state index in [1.54, 1.807) is 6.07 Å². The van der Waals surface area contributed by atoms with Gasteiger partial charge in [0.1, 0.15) is 5.75 Å². The third-order valence-electron chi connectivity index (χ3n) is 4.96. The lowest BCUT2D eigenvalue weighted by Crippen LogP contribution is -2.52. The van der Waals surface area contributed by atoms with Gasteiger partial charge in [0.15, 0.2) is 5.96 Å². The Hall–Kier alpha value is -1.26. The largest absolute Gasteiger partial charge is 0.506 e. The van der Waals surface area contributed by atoms with Gasteiger partial charge >= 0.3 is 0 Å². The molecule has 1 aromatic rings. The Morgan fingerprint density at radius 1 is 1.29 bits per heavy atom. The maximum Gasteiger partial charge on any atom is 0.194 e. The van der Waals surface area contributed by atoms with E-state index in [4.69, 9.17) is 14.5 Å². The second kappa shape index (κ2) is 12.3. The average Bonchev–Trinajstić information content (AvgIpc) is 3.21. The van der Waals surface area contributed by atoms with Crippen molar-refractivity contribution in [2.75, 3.05) is 64.0 Å². The van der Waals surface area contributed by atoms with Crippen molar-refractivity contribution in [3.05, 3.63) is 24.3 Å². The van der Waals surface area contributed by atoms with Gasteiger partial charge in [0, 0.05) is 39.3 Å². The highest BCUT2D eigenvalue weighted by molar-refractivity contribution is 14.0. The summed E-state index contributed by atoms with van der Waals surface area (Å²) < 4.78 is 11.3.